The lowest BCUT2D eigenvalue weighted by atomic mass is 9.96. The number of fused-ring (bicyclic) bond motifs is 2. The van der Waals surface area contributed by atoms with Crippen molar-refractivity contribution in [3.63, 3.8) is 0 Å². The summed E-state index contributed by atoms with van der Waals surface area (Å²) in [6.07, 6.45) is 2.53. The summed E-state index contributed by atoms with van der Waals surface area (Å²) >= 11 is 0. The highest BCUT2D eigenvalue weighted by Gasteiger charge is 2.55. The molecule has 1 saturated carbocycles. The van der Waals surface area contributed by atoms with Gasteiger partial charge in [-0.05, 0) is 36.1 Å². The molecular formula is C12H9NO. The molecule has 0 unspecified atom stereocenters. The van der Waals surface area contributed by atoms with Gasteiger partial charge < -0.3 is 0 Å². The lowest BCUT2D eigenvalue weighted by Gasteiger charge is -2.05. The third kappa shape index (κ3) is 0.773. The van der Waals surface area contributed by atoms with Crippen molar-refractivity contribution in [2.45, 2.75) is 24.7 Å². The molecule has 2 aliphatic rings. The maximum atomic E-state index is 11.7. The Morgan fingerprint density at radius 2 is 2.14 bits per heavy atom. The molecule has 0 aliphatic heterocycles. The van der Waals surface area contributed by atoms with Gasteiger partial charge in [0.05, 0.1) is 17.0 Å². The first-order valence-corrected chi connectivity index (χ1v) is 4.83. The number of carbonyl (C=O) groups excluding carboxylic acids is 1. The minimum atomic E-state index is -0.164. The van der Waals surface area contributed by atoms with Gasteiger partial charge in [0.2, 0.25) is 0 Å². The van der Waals surface area contributed by atoms with Gasteiger partial charge in [0, 0.05) is 6.42 Å². The zero-order valence-corrected chi connectivity index (χ0v) is 7.71. The van der Waals surface area contributed by atoms with E-state index in [0.717, 1.165) is 24.0 Å². The van der Waals surface area contributed by atoms with Crippen LogP contribution in [0.3, 0.4) is 0 Å². The Hall–Kier alpha value is -1.62. The van der Waals surface area contributed by atoms with Crippen molar-refractivity contribution in [1.82, 2.24) is 0 Å². The van der Waals surface area contributed by atoms with E-state index in [1.165, 1.54) is 0 Å². The molecular weight excluding hydrogens is 174 g/mol. The molecule has 3 rings (SSSR count). The molecule has 1 aromatic rings. The van der Waals surface area contributed by atoms with Gasteiger partial charge in [-0.25, -0.2) is 0 Å². The highest BCUT2D eigenvalue weighted by atomic mass is 16.1. The van der Waals surface area contributed by atoms with Gasteiger partial charge in [-0.15, -0.1) is 0 Å². The number of nitrogens with zero attached hydrogens (tertiary/aromatic N) is 1. The number of hydrogen-bond acceptors (Lipinski definition) is 2. The van der Waals surface area contributed by atoms with E-state index in [4.69, 9.17) is 5.26 Å². The van der Waals surface area contributed by atoms with Crippen LogP contribution in [0.25, 0.3) is 0 Å². The van der Waals surface area contributed by atoms with E-state index in [9.17, 15) is 4.79 Å². The van der Waals surface area contributed by atoms with Gasteiger partial charge in [0.15, 0.2) is 0 Å². The Balaban J connectivity index is 2.22. The van der Waals surface area contributed by atoms with Crippen LogP contribution in [0.4, 0.5) is 0 Å². The van der Waals surface area contributed by atoms with E-state index in [2.05, 4.69) is 6.07 Å². The predicted octanol–water partition coefficient (Wildman–Crippen LogP) is 1.72. The van der Waals surface area contributed by atoms with Gasteiger partial charge in [-0.2, -0.15) is 5.26 Å². The van der Waals surface area contributed by atoms with Crippen LogP contribution in [-0.2, 0) is 16.6 Å². The number of nitriles is 1. The first-order valence-electron chi connectivity index (χ1n) is 4.83. The number of benzene rings is 1. The highest BCUT2D eigenvalue weighted by molar-refractivity contribution is 5.99. The van der Waals surface area contributed by atoms with E-state index in [0.29, 0.717) is 17.8 Å². The first-order chi connectivity index (χ1) is 6.76. The summed E-state index contributed by atoms with van der Waals surface area (Å²) in [4.78, 5) is 11.7. The fourth-order valence-corrected chi connectivity index (χ4v) is 2.41. The molecule has 1 fully saturated rings. The quantitative estimate of drug-likeness (QED) is 0.614. The van der Waals surface area contributed by atoms with E-state index >= 15 is 0 Å². The van der Waals surface area contributed by atoms with Crippen molar-refractivity contribution in [1.29, 1.82) is 5.26 Å². The van der Waals surface area contributed by atoms with Crippen molar-refractivity contribution in [2.24, 2.45) is 0 Å². The fourth-order valence-electron chi connectivity index (χ4n) is 2.41. The van der Waals surface area contributed by atoms with Crippen LogP contribution < -0.4 is 0 Å². The number of Topliss-reactive ketones (excluding diaryl/α,β-unsaturated/α-hetero) is 1. The molecule has 1 spiro atoms. The molecule has 14 heavy (non-hydrogen) atoms. The van der Waals surface area contributed by atoms with Gasteiger partial charge in [0.25, 0.3) is 0 Å². The van der Waals surface area contributed by atoms with Gasteiger partial charge >= 0.3 is 0 Å². The molecule has 2 nitrogen and oxygen atoms in total. The molecule has 2 aliphatic carbocycles. The monoisotopic (exact) mass is 183 g/mol. The highest BCUT2D eigenvalue weighted by Crippen LogP contribution is 2.54. The van der Waals surface area contributed by atoms with E-state index in [1.54, 1.807) is 6.07 Å². The minimum absolute atomic E-state index is 0.164. The first kappa shape index (κ1) is 7.75. The summed E-state index contributed by atoms with van der Waals surface area (Å²) in [6, 6.07) is 7.75. The zero-order valence-electron chi connectivity index (χ0n) is 7.71. The van der Waals surface area contributed by atoms with Crippen LogP contribution in [0, 0.1) is 11.3 Å². The second kappa shape index (κ2) is 2.24. The molecule has 0 saturated heterocycles. The Bertz CT molecular complexity index is 478. The van der Waals surface area contributed by atoms with Crippen LogP contribution in [0.15, 0.2) is 18.2 Å². The molecule has 2 heteroatoms. The zero-order chi connectivity index (χ0) is 9.76. The van der Waals surface area contributed by atoms with Crippen molar-refractivity contribution in [2.75, 3.05) is 0 Å². The Labute approximate surface area is 82.2 Å². The summed E-state index contributed by atoms with van der Waals surface area (Å²) < 4.78 is 0. The molecule has 0 bridgehead atoms. The number of carbonyl (C=O) groups is 1. The number of rotatable bonds is 0. The van der Waals surface area contributed by atoms with Crippen LogP contribution >= 0.6 is 0 Å². The fraction of sp³-hybridized carbons (Fsp3) is 0.333. The summed E-state index contributed by atoms with van der Waals surface area (Å²) in [5.74, 6) is 0.350. The second-order valence-corrected chi connectivity index (χ2v) is 4.17. The van der Waals surface area contributed by atoms with Gasteiger partial charge in [0.1, 0.15) is 5.78 Å². The smallest absolute Gasteiger partial charge is 0.147 e. The molecule has 0 atom stereocenters. The molecule has 0 aromatic heterocycles. The normalized spacial score (nSPS) is 20.6. The largest absolute Gasteiger partial charge is 0.298 e. The average molecular weight is 183 g/mol. The molecule has 0 N–H and O–H groups in total. The van der Waals surface area contributed by atoms with Gasteiger partial charge in [-0.1, -0.05) is 6.07 Å². The molecule has 0 amide bonds. The average Bonchev–Trinajstić information content (AvgIpc) is 2.94. The molecule has 68 valence electrons. The van der Waals surface area contributed by atoms with Crippen molar-refractivity contribution in [3.05, 3.63) is 34.9 Å². The standard InChI is InChI=1S/C12H9NO/c13-7-8-1-2-9-6-11(14)12(3-4-12)10(9)5-8/h1-2,5H,3-4,6H2. The summed E-state index contributed by atoms with van der Waals surface area (Å²) in [5, 5.41) is 8.79. The summed E-state index contributed by atoms with van der Waals surface area (Å²) in [6.45, 7) is 0. The number of ketones is 1. The molecule has 0 heterocycles. The second-order valence-electron chi connectivity index (χ2n) is 4.17. The van der Waals surface area contributed by atoms with Crippen LogP contribution in [0.2, 0.25) is 0 Å². The third-order valence-electron chi connectivity index (χ3n) is 3.39. The Morgan fingerprint density at radius 3 is 2.79 bits per heavy atom. The van der Waals surface area contributed by atoms with Crippen LogP contribution in [0.1, 0.15) is 29.5 Å². The van der Waals surface area contributed by atoms with Crippen molar-refractivity contribution in [3.8, 4) is 6.07 Å². The van der Waals surface area contributed by atoms with Crippen LogP contribution in [-0.4, -0.2) is 5.78 Å². The van der Waals surface area contributed by atoms with Crippen LogP contribution in [0.5, 0.6) is 0 Å². The number of hydrogen-bond donors (Lipinski definition) is 0. The Kier molecular flexibility index (Phi) is 1.24. The maximum Gasteiger partial charge on any atom is 0.147 e. The summed E-state index contributed by atoms with van der Waals surface area (Å²) in [5.41, 5.74) is 2.76. The van der Waals surface area contributed by atoms with E-state index in [1.807, 2.05) is 12.1 Å². The Morgan fingerprint density at radius 1 is 1.36 bits per heavy atom. The van der Waals surface area contributed by atoms with E-state index in [-0.39, 0.29) is 5.41 Å². The maximum absolute atomic E-state index is 11.7. The topological polar surface area (TPSA) is 40.9 Å². The summed E-state index contributed by atoms with van der Waals surface area (Å²) in [7, 11) is 0. The lowest BCUT2D eigenvalue weighted by molar-refractivity contribution is -0.119. The van der Waals surface area contributed by atoms with Crippen molar-refractivity contribution < 1.29 is 4.79 Å². The SMILES string of the molecule is N#Cc1ccc2c(c1)C1(CC1)C(=O)C2. The van der Waals surface area contributed by atoms with Gasteiger partial charge in [-0.3, -0.25) is 4.79 Å². The molecule has 0 radical (unpaired) electrons. The van der Waals surface area contributed by atoms with Crippen molar-refractivity contribution >= 4 is 5.78 Å². The predicted molar refractivity (Wildman–Crippen MR) is 50.8 cm³/mol. The van der Waals surface area contributed by atoms with E-state index < -0.39 is 0 Å². The third-order valence-corrected chi connectivity index (χ3v) is 3.39. The lowest BCUT2D eigenvalue weighted by Crippen LogP contribution is -2.13. The minimum Gasteiger partial charge on any atom is -0.298 e. The molecule has 1 aromatic carbocycles.